The lowest BCUT2D eigenvalue weighted by Gasteiger charge is -2.28. The van der Waals surface area contributed by atoms with Crippen LogP contribution in [0.25, 0.3) is 0 Å². The van der Waals surface area contributed by atoms with Crippen LogP contribution in [0.1, 0.15) is 35.7 Å². The smallest absolute Gasteiger partial charge is 0.268 e. The largest absolute Gasteiger partial charge is 0.302 e. The van der Waals surface area contributed by atoms with E-state index in [0.717, 1.165) is 18.5 Å². The molecule has 0 aromatic heterocycles. The van der Waals surface area contributed by atoms with Crippen molar-refractivity contribution in [1.82, 2.24) is 15.3 Å². The van der Waals surface area contributed by atoms with Gasteiger partial charge in [0.05, 0.1) is 6.54 Å². The summed E-state index contributed by atoms with van der Waals surface area (Å²) in [5.41, 5.74) is 4.40. The Kier molecular flexibility index (Phi) is 5.69. The predicted molar refractivity (Wildman–Crippen MR) is 86.6 cm³/mol. The number of nitrogens with one attached hydrogen (secondary N) is 1. The van der Waals surface area contributed by atoms with E-state index >= 15 is 0 Å². The van der Waals surface area contributed by atoms with E-state index in [1.807, 2.05) is 18.2 Å². The highest BCUT2D eigenvalue weighted by molar-refractivity contribution is 5.96. The molecule has 1 N–H and O–H groups in total. The van der Waals surface area contributed by atoms with Gasteiger partial charge in [-0.2, -0.15) is 0 Å². The van der Waals surface area contributed by atoms with E-state index in [-0.39, 0.29) is 11.7 Å². The van der Waals surface area contributed by atoms with E-state index in [9.17, 15) is 9.59 Å². The van der Waals surface area contributed by atoms with Crippen LogP contribution in [0.2, 0.25) is 0 Å². The number of nitrogens with zero attached hydrogens (tertiary/aromatic N) is 2. The molecule has 1 atom stereocenters. The third-order valence-corrected chi connectivity index (χ3v) is 4.27. The highest BCUT2D eigenvalue weighted by Gasteiger charge is 2.26. The van der Waals surface area contributed by atoms with Gasteiger partial charge >= 0.3 is 0 Å². The van der Waals surface area contributed by atoms with Crippen LogP contribution in [0.15, 0.2) is 24.3 Å². The Bertz CT molecular complexity index is 544. The van der Waals surface area contributed by atoms with Crippen molar-refractivity contribution in [2.75, 3.05) is 27.2 Å². The molecule has 0 spiro atoms. The van der Waals surface area contributed by atoms with E-state index < -0.39 is 0 Å². The minimum atomic E-state index is -0.0698. The second-order valence-corrected chi connectivity index (χ2v) is 5.95. The summed E-state index contributed by atoms with van der Waals surface area (Å²) in [4.78, 5) is 26.5. The van der Waals surface area contributed by atoms with Crippen LogP contribution in [0.4, 0.5) is 0 Å². The molecule has 1 fully saturated rings. The van der Waals surface area contributed by atoms with Crippen molar-refractivity contribution in [2.45, 2.75) is 32.2 Å². The summed E-state index contributed by atoms with van der Waals surface area (Å²) in [7, 11) is 3.86. The molecule has 22 heavy (non-hydrogen) atoms. The van der Waals surface area contributed by atoms with Crippen LogP contribution in [0.5, 0.6) is 0 Å². The third kappa shape index (κ3) is 3.93. The van der Waals surface area contributed by atoms with Gasteiger partial charge in [0.1, 0.15) is 5.78 Å². The molecule has 0 saturated carbocycles. The van der Waals surface area contributed by atoms with E-state index in [0.29, 0.717) is 24.6 Å². The molecule has 1 aromatic carbocycles. The van der Waals surface area contributed by atoms with Gasteiger partial charge in [-0.25, -0.2) is 5.43 Å². The molecule has 1 aromatic rings. The molecule has 1 saturated heterocycles. The zero-order valence-corrected chi connectivity index (χ0v) is 13.6. The summed E-state index contributed by atoms with van der Waals surface area (Å²) in [5, 5.41) is 1.66. The number of amides is 1. The monoisotopic (exact) mass is 303 g/mol. The lowest BCUT2D eigenvalue weighted by atomic mass is 10.0. The van der Waals surface area contributed by atoms with Gasteiger partial charge in [-0.1, -0.05) is 18.2 Å². The number of likely N-dealkylation sites (N-methyl/N-ethyl adjacent to an activating group) is 1. The fourth-order valence-electron chi connectivity index (χ4n) is 2.99. The highest BCUT2D eigenvalue weighted by Crippen LogP contribution is 2.17. The number of benzene rings is 1. The first-order chi connectivity index (χ1) is 10.5. The van der Waals surface area contributed by atoms with Crippen molar-refractivity contribution in [2.24, 2.45) is 0 Å². The van der Waals surface area contributed by atoms with E-state index in [2.05, 4.69) is 17.4 Å². The number of hydrogen-bond acceptors (Lipinski definition) is 4. The molecule has 0 aliphatic carbocycles. The molecule has 0 bridgehead atoms. The molecule has 120 valence electrons. The highest BCUT2D eigenvalue weighted by atomic mass is 16.2. The van der Waals surface area contributed by atoms with Crippen molar-refractivity contribution in [3.05, 3.63) is 35.4 Å². The lowest BCUT2D eigenvalue weighted by Crippen LogP contribution is -2.47. The number of carbonyl (C=O) groups is 2. The van der Waals surface area contributed by atoms with E-state index in [4.69, 9.17) is 0 Å². The average Bonchev–Trinajstić information content (AvgIpc) is 2.89. The quantitative estimate of drug-likeness (QED) is 0.809. The van der Waals surface area contributed by atoms with Gasteiger partial charge < -0.3 is 4.90 Å². The summed E-state index contributed by atoms with van der Waals surface area (Å²) in [6.45, 7) is 3.28. The predicted octanol–water partition coefficient (Wildman–Crippen LogP) is 1.49. The number of carbonyl (C=O) groups excluding carboxylic acids is 2. The molecule has 1 heterocycles. The maximum absolute atomic E-state index is 12.8. The second kappa shape index (κ2) is 7.51. The molecule has 0 radical (unpaired) electrons. The molecular weight excluding hydrogens is 278 g/mol. The molecule has 1 unspecified atom stereocenters. The fraction of sp³-hybridized carbons (Fsp3) is 0.529. The number of ketones is 1. The summed E-state index contributed by atoms with van der Waals surface area (Å²) >= 11 is 0. The Morgan fingerprint density at radius 1 is 1.36 bits per heavy atom. The van der Waals surface area contributed by atoms with Crippen LogP contribution < -0.4 is 5.43 Å². The van der Waals surface area contributed by atoms with Crippen LogP contribution in [-0.2, 0) is 11.2 Å². The topological polar surface area (TPSA) is 52.6 Å². The van der Waals surface area contributed by atoms with Gasteiger partial charge in [0, 0.05) is 25.1 Å². The SMILES string of the molecule is CNN(CC1CCCN1C)C(=O)c1ccccc1CC(C)=O. The van der Waals surface area contributed by atoms with Crippen molar-refractivity contribution >= 4 is 11.7 Å². The first-order valence-electron chi connectivity index (χ1n) is 7.79. The molecule has 1 amide bonds. The Morgan fingerprint density at radius 3 is 2.68 bits per heavy atom. The normalized spacial score (nSPS) is 18.4. The maximum Gasteiger partial charge on any atom is 0.268 e. The van der Waals surface area contributed by atoms with Gasteiger partial charge in [0.25, 0.3) is 5.91 Å². The molecule has 5 nitrogen and oxygen atoms in total. The Labute approximate surface area is 132 Å². The minimum absolute atomic E-state index is 0.0618. The van der Waals surface area contributed by atoms with Crippen LogP contribution in [-0.4, -0.2) is 54.8 Å². The van der Waals surface area contributed by atoms with Crippen molar-refractivity contribution in [1.29, 1.82) is 0 Å². The van der Waals surface area contributed by atoms with Crippen molar-refractivity contribution in [3.63, 3.8) is 0 Å². The molecular formula is C17H25N3O2. The van der Waals surface area contributed by atoms with Crippen LogP contribution >= 0.6 is 0 Å². The van der Waals surface area contributed by atoms with E-state index in [1.165, 1.54) is 6.42 Å². The standard InChI is InChI=1S/C17H25N3O2/c1-13(21)11-14-7-4-5-9-16(14)17(22)20(18-2)12-15-8-6-10-19(15)3/h4-5,7,9,15,18H,6,8,10-12H2,1-3H3. The fourth-order valence-corrected chi connectivity index (χ4v) is 2.99. The minimum Gasteiger partial charge on any atom is -0.302 e. The van der Waals surface area contributed by atoms with Crippen molar-refractivity contribution in [3.8, 4) is 0 Å². The zero-order chi connectivity index (χ0) is 16.1. The number of hydrazine groups is 1. The Hall–Kier alpha value is -1.72. The number of rotatable bonds is 6. The number of likely N-dealkylation sites (tertiary alicyclic amines) is 1. The average molecular weight is 303 g/mol. The number of hydrogen-bond donors (Lipinski definition) is 1. The zero-order valence-electron chi connectivity index (χ0n) is 13.6. The lowest BCUT2D eigenvalue weighted by molar-refractivity contribution is -0.116. The van der Waals surface area contributed by atoms with Gasteiger partial charge in [-0.3, -0.25) is 14.6 Å². The summed E-state index contributed by atoms with van der Waals surface area (Å²) in [6.07, 6.45) is 2.58. The summed E-state index contributed by atoms with van der Waals surface area (Å²) in [5.74, 6) is -0.00793. The Morgan fingerprint density at radius 2 is 2.09 bits per heavy atom. The Balaban J connectivity index is 2.16. The van der Waals surface area contributed by atoms with Gasteiger partial charge in [0.15, 0.2) is 0 Å². The summed E-state index contributed by atoms with van der Waals surface area (Å²) in [6, 6.07) is 7.74. The summed E-state index contributed by atoms with van der Waals surface area (Å²) < 4.78 is 0. The first-order valence-corrected chi connectivity index (χ1v) is 7.79. The van der Waals surface area contributed by atoms with Gasteiger partial charge in [-0.05, 0) is 45.0 Å². The van der Waals surface area contributed by atoms with E-state index in [1.54, 1.807) is 25.0 Å². The number of Topliss-reactive ketones (excluding diaryl/α,β-unsaturated/α-hetero) is 1. The third-order valence-electron chi connectivity index (χ3n) is 4.27. The van der Waals surface area contributed by atoms with Crippen molar-refractivity contribution < 1.29 is 9.59 Å². The van der Waals surface area contributed by atoms with Crippen LogP contribution in [0, 0.1) is 0 Å². The molecule has 5 heteroatoms. The maximum atomic E-state index is 12.8. The van der Waals surface area contributed by atoms with Gasteiger partial charge in [0.2, 0.25) is 0 Å². The molecule has 2 rings (SSSR count). The van der Waals surface area contributed by atoms with Crippen LogP contribution in [0.3, 0.4) is 0 Å². The molecule has 1 aliphatic rings. The molecule has 1 aliphatic heterocycles. The van der Waals surface area contributed by atoms with Gasteiger partial charge in [-0.15, -0.1) is 0 Å². The first kappa shape index (κ1) is 16.6. The second-order valence-electron chi connectivity index (χ2n) is 5.95.